The fourth-order valence-corrected chi connectivity index (χ4v) is 3.81. The number of benzene rings is 1. The van der Waals surface area contributed by atoms with E-state index in [0.717, 1.165) is 19.0 Å². The molecule has 1 amide bonds. The van der Waals surface area contributed by atoms with Crippen LogP contribution in [0, 0.1) is 11.7 Å². The van der Waals surface area contributed by atoms with Crippen molar-refractivity contribution in [3.63, 3.8) is 0 Å². The third kappa shape index (κ3) is 3.34. The van der Waals surface area contributed by atoms with Gasteiger partial charge in [-0.25, -0.2) is 22.5 Å². The number of nitrogens with one attached hydrogen (secondary N) is 1. The van der Waals surface area contributed by atoms with E-state index < -0.39 is 38.0 Å². The zero-order valence-electron chi connectivity index (χ0n) is 14.2. The van der Waals surface area contributed by atoms with Gasteiger partial charge in [-0.15, -0.1) is 0 Å². The van der Waals surface area contributed by atoms with Gasteiger partial charge in [0.25, 0.3) is 15.9 Å². The summed E-state index contributed by atoms with van der Waals surface area (Å²) >= 11 is 0. The monoisotopic (exact) mass is 379 g/mol. The zero-order chi connectivity index (χ0) is 19.1. The molecule has 7 nitrogen and oxygen atoms in total. The lowest BCUT2D eigenvalue weighted by Gasteiger charge is -2.10. The smallest absolute Gasteiger partial charge is 0.265 e. The first-order chi connectivity index (χ1) is 12.2. The van der Waals surface area contributed by atoms with Crippen LogP contribution in [0.15, 0.2) is 30.7 Å². The van der Waals surface area contributed by atoms with Crippen molar-refractivity contribution in [3.05, 3.63) is 42.1 Å². The van der Waals surface area contributed by atoms with Crippen molar-refractivity contribution in [3.8, 4) is 17.0 Å². The number of halogens is 1. The molecule has 26 heavy (non-hydrogen) atoms. The summed E-state index contributed by atoms with van der Waals surface area (Å²) in [6.07, 6.45) is 4.90. The predicted octanol–water partition coefficient (Wildman–Crippen LogP) is 2.24. The Labute approximate surface area is 150 Å². The second-order valence-corrected chi connectivity index (χ2v) is 8.13. The number of carbonyl (C=O) groups excluding carboxylic acids is 1. The zero-order valence-corrected chi connectivity index (χ0v) is 15.0. The average Bonchev–Trinajstić information content (AvgIpc) is 3.09. The van der Waals surface area contributed by atoms with Crippen LogP contribution in [0.5, 0.6) is 5.75 Å². The van der Waals surface area contributed by atoms with Crippen LogP contribution in [0.25, 0.3) is 16.2 Å². The van der Waals surface area contributed by atoms with Gasteiger partial charge in [0.05, 0.1) is 17.6 Å². The third-order valence-corrected chi connectivity index (χ3v) is 5.40. The molecule has 2 N–H and O–H groups in total. The van der Waals surface area contributed by atoms with Gasteiger partial charge in [0.15, 0.2) is 0 Å². The molecular formula is C17H18FN3O4S. The highest BCUT2D eigenvalue weighted by Crippen LogP contribution is 2.37. The second kappa shape index (κ2) is 6.56. The molecule has 2 heterocycles. The molecule has 0 radical (unpaired) electrons. The molecule has 0 spiro atoms. The quantitative estimate of drug-likeness (QED) is 0.830. The van der Waals surface area contributed by atoms with Crippen molar-refractivity contribution in [1.29, 1.82) is 0 Å². The van der Waals surface area contributed by atoms with Crippen molar-refractivity contribution in [2.24, 2.45) is 5.92 Å². The fourth-order valence-electron chi connectivity index (χ4n) is 2.65. The number of amides is 1. The molecule has 0 bridgehead atoms. The fraction of sp³-hybridized carbons (Fsp3) is 0.294. The molecule has 1 aliphatic heterocycles. The van der Waals surface area contributed by atoms with Gasteiger partial charge in [-0.2, -0.15) is 0 Å². The van der Waals surface area contributed by atoms with Crippen molar-refractivity contribution in [2.45, 2.75) is 26.8 Å². The molecule has 1 aliphatic rings. The number of hydrogen-bond acceptors (Lipinski definition) is 5. The van der Waals surface area contributed by atoms with E-state index in [0.29, 0.717) is 11.6 Å². The number of rotatable bonds is 5. The largest absolute Gasteiger partial charge is 0.507 e. The van der Waals surface area contributed by atoms with E-state index in [9.17, 15) is 18.3 Å². The van der Waals surface area contributed by atoms with Crippen LogP contribution in [0.1, 0.15) is 25.8 Å². The minimum Gasteiger partial charge on any atom is -0.507 e. The summed E-state index contributed by atoms with van der Waals surface area (Å²) < 4.78 is 42.5. The number of imidazole rings is 1. The minimum atomic E-state index is -4.21. The molecule has 9 heteroatoms. The van der Waals surface area contributed by atoms with E-state index in [2.05, 4.69) is 18.8 Å². The number of aromatic nitrogens is 2. The maximum absolute atomic E-state index is 15.0. The molecule has 3 rings (SSSR count). The van der Waals surface area contributed by atoms with Crippen molar-refractivity contribution < 1.29 is 22.7 Å². The summed E-state index contributed by atoms with van der Waals surface area (Å²) in [6, 6.07) is 2.50. The van der Waals surface area contributed by atoms with Crippen LogP contribution in [-0.2, 0) is 21.4 Å². The number of aryl methyl sites for hydroxylation is 1. The lowest BCUT2D eigenvalue weighted by molar-refractivity contribution is -0.114. The lowest BCUT2D eigenvalue weighted by atomic mass is 10.1. The normalized spacial score (nSPS) is 16.0. The van der Waals surface area contributed by atoms with E-state index in [4.69, 9.17) is 0 Å². The first-order valence-electron chi connectivity index (χ1n) is 8.01. The van der Waals surface area contributed by atoms with Crippen LogP contribution in [-0.4, -0.2) is 29.0 Å². The van der Waals surface area contributed by atoms with Crippen LogP contribution in [0.4, 0.5) is 4.39 Å². The van der Waals surface area contributed by atoms with E-state index in [-0.39, 0.29) is 5.56 Å². The van der Waals surface area contributed by atoms with Gasteiger partial charge >= 0.3 is 0 Å². The highest BCUT2D eigenvalue weighted by atomic mass is 32.2. The van der Waals surface area contributed by atoms with Gasteiger partial charge in [0.2, 0.25) is 0 Å². The standard InChI is InChI=1S/C17H18FN3O4S/c1-10(2)5-6-21-8-12(19-9-21)11-3-4-13(22)16(17(11)18)14-7-15(23)20-26(14,24)25/h3-4,7-10,22H,5-6H2,1-2H3,(H,20,23). The molecule has 0 aliphatic carbocycles. The first-order valence-corrected chi connectivity index (χ1v) is 9.50. The number of carbonyl (C=O) groups is 1. The Morgan fingerprint density at radius 2 is 2.08 bits per heavy atom. The van der Waals surface area contributed by atoms with Gasteiger partial charge in [0, 0.05) is 24.4 Å². The molecule has 0 unspecified atom stereocenters. The maximum Gasteiger partial charge on any atom is 0.265 e. The van der Waals surface area contributed by atoms with Crippen molar-refractivity contribution in [2.75, 3.05) is 0 Å². The van der Waals surface area contributed by atoms with Crippen LogP contribution in [0.2, 0.25) is 0 Å². The summed E-state index contributed by atoms with van der Waals surface area (Å²) in [7, 11) is -4.21. The summed E-state index contributed by atoms with van der Waals surface area (Å²) in [5.41, 5.74) is -0.197. The SMILES string of the molecule is CC(C)CCn1cnc(-c2ccc(O)c(C3=CC(=O)NS3(=O)=O)c2F)c1. The van der Waals surface area contributed by atoms with E-state index in [1.165, 1.54) is 12.1 Å². The van der Waals surface area contributed by atoms with Crippen LogP contribution >= 0.6 is 0 Å². The molecule has 0 fully saturated rings. The minimum absolute atomic E-state index is 0.0385. The van der Waals surface area contributed by atoms with Crippen LogP contribution < -0.4 is 4.72 Å². The number of sulfonamides is 1. The Balaban J connectivity index is 2.04. The molecule has 1 aromatic carbocycles. The Hall–Kier alpha value is -2.68. The number of hydrogen-bond donors (Lipinski definition) is 2. The van der Waals surface area contributed by atoms with E-state index >= 15 is 4.39 Å². The summed E-state index contributed by atoms with van der Waals surface area (Å²) in [6.45, 7) is 4.90. The lowest BCUT2D eigenvalue weighted by Crippen LogP contribution is -2.22. The number of phenols is 1. The average molecular weight is 379 g/mol. The van der Waals surface area contributed by atoms with E-state index in [1.807, 2.05) is 4.57 Å². The van der Waals surface area contributed by atoms with Crippen LogP contribution in [0.3, 0.4) is 0 Å². The molecular weight excluding hydrogens is 361 g/mol. The number of aromatic hydroxyl groups is 1. The van der Waals surface area contributed by atoms with Gasteiger partial charge in [-0.05, 0) is 24.5 Å². The second-order valence-electron chi connectivity index (χ2n) is 6.48. The van der Waals surface area contributed by atoms with Gasteiger partial charge in [-0.3, -0.25) is 4.79 Å². The molecule has 1 aromatic heterocycles. The summed E-state index contributed by atoms with van der Waals surface area (Å²) in [5.74, 6) is -1.91. The number of phenolic OH excluding ortho intramolecular Hbond substituents is 1. The molecule has 2 aromatic rings. The first kappa shape index (κ1) is 18.1. The van der Waals surface area contributed by atoms with Gasteiger partial charge in [-0.1, -0.05) is 13.8 Å². The molecule has 0 saturated carbocycles. The summed E-state index contributed by atoms with van der Waals surface area (Å²) in [5, 5.41) is 9.98. The van der Waals surface area contributed by atoms with Crippen molar-refractivity contribution >= 4 is 20.8 Å². The van der Waals surface area contributed by atoms with E-state index in [1.54, 1.807) is 17.2 Å². The maximum atomic E-state index is 15.0. The summed E-state index contributed by atoms with van der Waals surface area (Å²) in [4.78, 5) is 14.9. The Kier molecular flexibility index (Phi) is 4.57. The third-order valence-electron chi connectivity index (χ3n) is 4.03. The molecule has 0 saturated heterocycles. The topological polar surface area (TPSA) is 101 Å². The van der Waals surface area contributed by atoms with Gasteiger partial charge < -0.3 is 9.67 Å². The Morgan fingerprint density at radius 1 is 1.35 bits per heavy atom. The Bertz CT molecular complexity index is 1010. The van der Waals surface area contributed by atoms with Gasteiger partial charge in [0.1, 0.15) is 16.5 Å². The highest BCUT2D eigenvalue weighted by Gasteiger charge is 2.33. The highest BCUT2D eigenvalue weighted by molar-refractivity contribution is 8.00. The molecule has 0 atom stereocenters. The Morgan fingerprint density at radius 3 is 2.69 bits per heavy atom. The van der Waals surface area contributed by atoms with Crippen molar-refractivity contribution in [1.82, 2.24) is 14.3 Å². The number of nitrogens with zero attached hydrogens (tertiary/aromatic N) is 2. The predicted molar refractivity (Wildman–Crippen MR) is 93.8 cm³/mol. The molecule has 138 valence electrons.